The van der Waals surface area contributed by atoms with Gasteiger partial charge in [0.25, 0.3) is 0 Å². The van der Waals surface area contributed by atoms with E-state index >= 15 is 0 Å². The minimum atomic E-state index is -0.764. The first-order valence-electron chi connectivity index (χ1n) is 9.81. The Kier molecular flexibility index (Phi) is 6.49. The summed E-state index contributed by atoms with van der Waals surface area (Å²) in [6.07, 6.45) is 2.83. The highest BCUT2D eigenvalue weighted by molar-refractivity contribution is 7.13. The minimum Gasteiger partial charge on any atom is -0.391 e. The molecule has 0 saturated carbocycles. The van der Waals surface area contributed by atoms with Crippen LogP contribution in [-0.2, 0) is 16.1 Å². The van der Waals surface area contributed by atoms with Crippen molar-refractivity contribution in [3.63, 3.8) is 0 Å². The smallest absolute Gasteiger partial charge is 0.243 e. The van der Waals surface area contributed by atoms with Gasteiger partial charge in [-0.2, -0.15) is 0 Å². The van der Waals surface area contributed by atoms with Crippen molar-refractivity contribution in [3.8, 4) is 10.4 Å². The predicted molar refractivity (Wildman–Crippen MR) is 113 cm³/mol. The third-order valence-electron chi connectivity index (χ3n) is 5.20. The minimum absolute atomic E-state index is 0.0973. The molecule has 3 rings (SSSR count). The van der Waals surface area contributed by atoms with Gasteiger partial charge in [-0.1, -0.05) is 20.8 Å². The molecule has 1 aliphatic heterocycles. The van der Waals surface area contributed by atoms with E-state index in [9.17, 15) is 14.7 Å². The molecule has 4 N–H and O–H groups in total. The monoisotopic (exact) mass is 432 g/mol. The lowest BCUT2D eigenvalue weighted by Crippen LogP contribution is -2.54. The summed E-state index contributed by atoms with van der Waals surface area (Å²) in [5.74, 6) is -0.233. The van der Waals surface area contributed by atoms with E-state index in [4.69, 9.17) is 5.73 Å². The molecule has 1 saturated heterocycles. The van der Waals surface area contributed by atoms with Crippen LogP contribution in [0, 0.1) is 12.3 Å². The van der Waals surface area contributed by atoms with Gasteiger partial charge in [-0.25, -0.2) is 15.0 Å². The fraction of sp³-hybridized carbons (Fsp3) is 0.550. The molecular formula is C20H28N6O3S. The fourth-order valence-corrected chi connectivity index (χ4v) is 4.06. The number of aliphatic hydroxyl groups is 1. The Labute approximate surface area is 179 Å². The summed E-state index contributed by atoms with van der Waals surface area (Å²) >= 11 is 1.52. The number of β-amino-alcohol motifs (C(OH)–C–C–N with tert-alkyl or cyclic N) is 1. The number of aryl methyl sites for hydroxylation is 1. The summed E-state index contributed by atoms with van der Waals surface area (Å²) in [7, 11) is 0. The Bertz CT molecular complexity index is 908. The lowest BCUT2D eigenvalue weighted by Gasteiger charge is -2.32. The Morgan fingerprint density at radius 1 is 1.33 bits per heavy atom. The number of carbonyl (C=O) groups excluding carboxylic acids is 2. The van der Waals surface area contributed by atoms with Crippen molar-refractivity contribution in [1.29, 1.82) is 0 Å². The van der Waals surface area contributed by atoms with Gasteiger partial charge in [0, 0.05) is 30.9 Å². The van der Waals surface area contributed by atoms with Crippen LogP contribution in [0.5, 0.6) is 0 Å². The quantitative estimate of drug-likeness (QED) is 0.638. The van der Waals surface area contributed by atoms with E-state index in [0.717, 1.165) is 16.1 Å². The first-order chi connectivity index (χ1) is 14.1. The van der Waals surface area contributed by atoms with Gasteiger partial charge in [-0.15, -0.1) is 11.3 Å². The molecule has 9 nitrogen and oxygen atoms in total. The van der Waals surface area contributed by atoms with Crippen LogP contribution in [0.4, 0.5) is 0 Å². The van der Waals surface area contributed by atoms with Crippen molar-refractivity contribution < 1.29 is 14.7 Å². The fourth-order valence-electron chi connectivity index (χ4n) is 3.28. The van der Waals surface area contributed by atoms with E-state index in [-0.39, 0.29) is 31.3 Å². The number of aromatic nitrogens is 3. The normalized spacial score (nSPS) is 20.3. The molecule has 0 unspecified atom stereocenters. The first-order valence-corrected chi connectivity index (χ1v) is 10.7. The highest BCUT2D eigenvalue weighted by atomic mass is 32.1. The van der Waals surface area contributed by atoms with Crippen LogP contribution in [0.3, 0.4) is 0 Å². The Hall–Kier alpha value is -2.43. The molecule has 1 fully saturated rings. The van der Waals surface area contributed by atoms with Crippen molar-refractivity contribution >= 4 is 23.2 Å². The summed E-state index contributed by atoms with van der Waals surface area (Å²) in [4.78, 5) is 40.7. The first kappa shape index (κ1) is 22.3. The molecule has 30 heavy (non-hydrogen) atoms. The molecule has 1 aliphatic rings. The number of rotatable bonds is 5. The van der Waals surface area contributed by atoms with Crippen LogP contribution in [0.1, 0.15) is 38.7 Å². The molecule has 2 aromatic heterocycles. The second-order valence-electron chi connectivity index (χ2n) is 8.61. The average Bonchev–Trinajstić information content (AvgIpc) is 3.30. The van der Waals surface area contributed by atoms with E-state index in [1.807, 2.05) is 27.7 Å². The molecule has 10 heteroatoms. The molecule has 0 radical (unpaired) electrons. The number of nitrogens with two attached hydrogens (primary N) is 1. The second kappa shape index (κ2) is 8.75. The van der Waals surface area contributed by atoms with Gasteiger partial charge in [0.05, 0.1) is 34.8 Å². The number of amides is 2. The average molecular weight is 433 g/mol. The zero-order valence-electron chi connectivity index (χ0n) is 17.6. The molecule has 162 valence electrons. The van der Waals surface area contributed by atoms with Crippen LogP contribution < -0.4 is 11.1 Å². The Balaban J connectivity index is 1.63. The van der Waals surface area contributed by atoms with Crippen LogP contribution in [-0.4, -0.2) is 61.5 Å². The number of aliphatic hydroxyl groups excluding tert-OH is 1. The van der Waals surface area contributed by atoms with Crippen LogP contribution >= 0.6 is 11.3 Å². The van der Waals surface area contributed by atoms with Crippen molar-refractivity contribution in [2.24, 2.45) is 11.1 Å². The number of nitrogens with zero attached hydrogens (tertiary/aromatic N) is 4. The number of nitrogens with one attached hydrogen (secondary N) is 1. The summed E-state index contributed by atoms with van der Waals surface area (Å²) in [6, 6.07) is -1.52. The third kappa shape index (κ3) is 4.82. The van der Waals surface area contributed by atoms with Gasteiger partial charge in [-0.05, 0) is 12.3 Å². The number of likely N-dealkylation sites (tertiary alicyclic amines) is 1. The van der Waals surface area contributed by atoms with Gasteiger partial charge >= 0.3 is 0 Å². The lowest BCUT2D eigenvalue weighted by atomic mass is 9.86. The van der Waals surface area contributed by atoms with Crippen molar-refractivity contribution in [2.75, 3.05) is 6.54 Å². The van der Waals surface area contributed by atoms with Crippen LogP contribution in [0.25, 0.3) is 10.4 Å². The number of hydrogen-bond donors (Lipinski definition) is 3. The number of hydrogen-bond acceptors (Lipinski definition) is 8. The topological polar surface area (TPSA) is 134 Å². The van der Waals surface area contributed by atoms with E-state index in [2.05, 4.69) is 20.3 Å². The predicted octanol–water partition coefficient (Wildman–Crippen LogP) is 0.860. The summed E-state index contributed by atoms with van der Waals surface area (Å²) in [6.45, 7) is 7.75. The molecule has 3 heterocycles. The van der Waals surface area contributed by atoms with Crippen LogP contribution in [0.2, 0.25) is 0 Å². The van der Waals surface area contributed by atoms with Crippen LogP contribution in [0.15, 0.2) is 17.9 Å². The molecule has 0 bridgehead atoms. The maximum atomic E-state index is 12.8. The van der Waals surface area contributed by atoms with Crippen molar-refractivity contribution in [2.45, 2.75) is 58.8 Å². The van der Waals surface area contributed by atoms with E-state index < -0.39 is 23.6 Å². The molecule has 0 aliphatic carbocycles. The molecular weight excluding hydrogens is 404 g/mol. The van der Waals surface area contributed by atoms with Gasteiger partial charge in [0.15, 0.2) is 0 Å². The SMILES string of the molecule is Cc1ncsc1-c1cnc(CNC(=O)[C@@H]2C[C@@H](O)CN2C(=O)[C@@H](N)C(C)(C)C)nc1. The summed E-state index contributed by atoms with van der Waals surface area (Å²) in [5.41, 5.74) is 9.20. The largest absolute Gasteiger partial charge is 0.391 e. The number of thiazole rings is 1. The van der Waals surface area contributed by atoms with E-state index in [0.29, 0.717) is 5.82 Å². The van der Waals surface area contributed by atoms with Crippen molar-refractivity contribution in [3.05, 3.63) is 29.4 Å². The molecule has 3 atom stereocenters. The highest BCUT2D eigenvalue weighted by Gasteiger charge is 2.42. The zero-order valence-corrected chi connectivity index (χ0v) is 18.4. The molecule has 2 aromatic rings. The highest BCUT2D eigenvalue weighted by Crippen LogP contribution is 2.26. The zero-order chi connectivity index (χ0) is 22.1. The maximum Gasteiger partial charge on any atom is 0.243 e. The Morgan fingerprint density at radius 2 is 2.00 bits per heavy atom. The maximum absolute atomic E-state index is 12.8. The van der Waals surface area contributed by atoms with Gasteiger partial charge in [0.1, 0.15) is 11.9 Å². The van der Waals surface area contributed by atoms with Crippen molar-refractivity contribution in [1.82, 2.24) is 25.2 Å². The standard InChI is InChI=1S/C20H28N6O3S/c1-11-16(30-10-25-11)12-6-22-15(23-7-12)8-24-18(28)14-5-13(27)9-26(14)19(29)17(21)20(2,3)4/h6-7,10,13-14,17,27H,5,8-9,21H2,1-4H3,(H,24,28)/t13-,14+,17-/m1/s1. The Morgan fingerprint density at radius 3 is 2.57 bits per heavy atom. The van der Waals surface area contributed by atoms with E-state index in [1.54, 1.807) is 17.9 Å². The molecule has 0 aromatic carbocycles. The summed E-state index contributed by atoms with van der Waals surface area (Å²) < 4.78 is 0. The van der Waals surface area contributed by atoms with Gasteiger partial charge < -0.3 is 21.1 Å². The van der Waals surface area contributed by atoms with Gasteiger partial charge in [-0.3, -0.25) is 9.59 Å². The lowest BCUT2D eigenvalue weighted by molar-refractivity contribution is -0.141. The van der Waals surface area contributed by atoms with E-state index in [1.165, 1.54) is 16.2 Å². The molecule has 0 spiro atoms. The number of carbonyl (C=O) groups is 2. The third-order valence-corrected chi connectivity index (χ3v) is 6.18. The summed E-state index contributed by atoms with van der Waals surface area (Å²) in [5, 5.41) is 12.8. The van der Waals surface area contributed by atoms with Gasteiger partial charge in [0.2, 0.25) is 11.8 Å². The molecule has 2 amide bonds. The second-order valence-corrected chi connectivity index (χ2v) is 9.47.